The fraction of sp³-hybridized carbons (Fsp3) is 0.231. The molecule has 0 aliphatic rings. The van der Waals surface area contributed by atoms with Crippen molar-refractivity contribution in [3.05, 3.63) is 40.9 Å². The first-order chi connectivity index (χ1) is 9.12. The van der Waals surface area contributed by atoms with E-state index in [0.717, 1.165) is 0 Å². The van der Waals surface area contributed by atoms with Crippen LogP contribution < -0.4 is 10.1 Å². The molecule has 0 bridgehead atoms. The molecule has 0 saturated heterocycles. The molecule has 4 nitrogen and oxygen atoms in total. The van der Waals surface area contributed by atoms with Crippen LogP contribution >= 0.6 is 11.6 Å². The molecule has 100 valence electrons. The minimum atomic E-state index is -0.530. The Balaban J connectivity index is 2.29. The first kappa shape index (κ1) is 13.5. The zero-order chi connectivity index (χ0) is 13.8. The highest BCUT2D eigenvalue weighted by Gasteiger charge is 2.07. The molecule has 0 aliphatic carbocycles. The Morgan fingerprint density at radius 2 is 2.11 bits per heavy atom. The molecule has 0 fully saturated rings. The van der Waals surface area contributed by atoms with Gasteiger partial charge in [0.2, 0.25) is 5.88 Å². The van der Waals surface area contributed by atoms with E-state index in [1.165, 1.54) is 12.1 Å². The van der Waals surface area contributed by atoms with Crippen LogP contribution in [0.5, 0.6) is 11.6 Å². The average Bonchev–Trinajstić information content (AvgIpc) is 2.42. The van der Waals surface area contributed by atoms with Crippen molar-refractivity contribution in [2.45, 2.75) is 13.3 Å². The van der Waals surface area contributed by atoms with Crippen LogP contribution in [0, 0.1) is 5.82 Å². The molecule has 0 spiro atoms. The van der Waals surface area contributed by atoms with Gasteiger partial charge in [-0.05, 0) is 12.1 Å². The zero-order valence-electron chi connectivity index (χ0n) is 10.6. The Morgan fingerprint density at radius 3 is 2.74 bits per heavy atom. The van der Waals surface area contributed by atoms with E-state index in [1.54, 1.807) is 19.2 Å². The van der Waals surface area contributed by atoms with Crippen molar-refractivity contribution in [1.82, 2.24) is 9.97 Å². The fourth-order valence-electron chi connectivity index (χ4n) is 1.47. The van der Waals surface area contributed by atoms with Gasteiger partial charge >= 0.3 is 0 Å². The van der Waals surface area contributed by atoms with Gasteiger partial charge in [-0.2, -0.15) is 4.98 Å². The van der Waals surface area contributed by atoms with Crippen molar-refractivity contribution in [2.24, 2.45) is 0 Å². The predicted molar refractivity (Wildman–Crippen MR) is 72.4 cm³/mol. The number of rotatable bonds is 4. The summed E-state index contributed by atoms with van der Waals surface area (Å²) in [6, 6.07) is 5.88. The number of hydrogen-bond donors (Lipinski definition) is 1. The fourth-order valence-corrected chi connectivity index (χ4v) is 1.59. The largest absolute Gasteiger partial charge is 0.439 e. The van der Waals surface area contributed by atoms with Gasteiger partial charge in [0, 0.05) is 25.6 Å². The maximum absolute atomic E-state index is 13.3. The molecular formula is C13H13ClFN3O. The van der Waals surface area contributed by atoms with Crippen molar-refractivity contribution in [1.29, 1.82) is 0 Å². The number of halogens is 2. The van der Waals surface area contributed by atoms with Crippen molar-refractivity contribution in [3.8, 4) is 11.6 Å². The van der Waals surface area contributed by atoms with Crippen LogP contribution in [-0.4, -0.2) is 17.0 Å². The second kappa shape index (κ2) is 5.84. The second-order valence-electron chi connectivity index (χ2n) is 3.79. The van der Waals surface area contributed by atoms with Crippen molar-refractivity contribution in [2.75, 3.05) is 12.4 Å². The lowest BCUT2D eigenvalue weighted by atomic mass is 10.3. The molecule has 2 aromatic rings. The highest BCUT2D eigenvalue weighted by atomic mass is 35.5. The van der Waals surface area contributed by atoms with E-state index in [1.807, 2.05) is 6.92 Å². The number of aryl methyl sites for hydroxylation is 1. The molecule has 0 unspecified atom stereocenters. The SMILES string of the molecule is CCc1nc(NC)cc(Oc2ccc(Cl)c(F)c2)n1. The van der Waals surface area contributed by atoms with Crippen LogP contribution in [0.3, 0.4) is 0 Å². The number of benzene rings is 1. The van der Waals surface area contributed by atoms with E-state index in [4.69, 9.17) is 16.3 Å². The molecule has 1 N–H and O–H groups in total. The number of ether oxygens (including phenoxy) is 1. The molecule has 0 radical (unpaired) electrons. The van der Waals surface area contributed by atoms with Crippen LogP contribution in [0.2, 0.25) is 5.02 Å². The Kier molecular flexibility index (Phi) is 4.16. The lowest BCUT2D eigenvalue weighted by Crippen LogP contribution is -2.01. The average molecular weight is 282 g/mol. The van der Waals surface area contributed by atoms with E-state index in [-0.39, 0.29) is 5.02 Å². The third kappa shape index (κ3) is 3.32. The minimum Gasteiger partial charge on any atom is -0.439 e. The van der Waals surface area contributed by atoms with Gasteiger partial charge in [-0.1, -0.05) is 18.5 Å². The number of anilines is 1. The Hall–Kier alpha value is -1.88. The monoisotopic (exact) mass is 281 g/mol. The van der Waals surface area contributed by atoms with Crippen molar-refractivity contribution < 1.29 is 9.13 Å². The summed E-state index contributed by atoms with van der Waals surface area (Å²) in [5, 5.41) is 2.98. The summed E-state index contributed by atoms with van der Waals surface area (Å²) in [6.07, 6.45) is 0.681. The number of nitrogens with one attached hydrogen (secondary N) is 1. The van der Waals surface area contributed by atoms with Crippen LogP contribution in [-0.2, 0) is 6.42 Å². The lowest BCUT2D eigenvalue weighted by Gasteiger charge is -2.08. The standard InChI is InChI=1S/C13H13ClFN3O/c1-3-11-17-12(16-2)7-13(18-11)19-8-4-5-9(14)10(15)6-8/h4-7H,3H2,1-2H3,(H,16,17,18). The predicted octanol–water partition coefficient (Wildman–Crippen LogP) is 3.67. The zero-order valence-corrected chi connectivity index (χ0v) is 11.3. The van der Waals surface area contributed by atoms with E-state index < -0.39 is 5.82 Å². The van der Waals surface area contributed by atoms with Crippen LogP contribution in [0.25, 0.3) is 0 Å². The van der Waals surface area contributed by atoms with Crippen LogP contribution in [0.4, 0.5) is 10.2 Å². The highest BCUT2D eigenvalue weighted by molar-refractivity contribution is 6.30. The van der Waals surface area contributed by atoms with E-state index in [9.17, 15) is 4.39 Å². The Labute approximate surface area is 115 Å². The van der Waals surface area contributed by atoms with Gasteiger partial charge in [-0.3, -0.25) is 0 Å². The molecule has 0 aliphatic heterocycles. The summed E-state index contributed by atoms with van der Waals surface area (Å²) in [7, 11) is 1.76. The second-order valence-corrected chi connectivity index (χ2v) is 4.20. The summed E-state index contributed by atoms with van der Waals surface area (Å²) in [6.45, 7) is 1.94. The summed E-state index contributed by atoms with van der Waals surface area (Å²) in [5.41, 5.74) is 0. The van der Waals surface area contributed by atoms with E-state index >= 15 is 0 Å². The molecule has 0 amide bonds. The molecule has 1 aromatic carbocycles. The third-order valence-electron chi connectivity index (χ3n) is 2.43. The molecule has 19 heavy (non-hydrogen) atoms. The summed E-state index contributed by atoms with van der Waals surface area (Å²) in [5.74, 6) is 1.47. The Bertz CT molecular complexity index is 570. The Morgan fingerprint density at radius 1 is 1.32 bits per heavy atom. The lowest BCUT2D eigenvalue weighted by molar-refractivity contribution is 0.454. The first-order valence-corrected chi connectivity index (χ1v) is 6.18. The van der Waals surface area contributed by atoms with Crippen molar-refractivity contribution >= 4 is 17.4 Å². The molecule has 1 aromatic heterocycles. The van der Waals surface area contributed by atoms with Gasteiger partial charge in [0.15, 0.2) is 0 Å². The van der Waals surface area contributed by atoms with Gasteiger partial charge < -0.3 is 10.1 Å². The van der Waals surface area contributed by atoms with E-state index in [0.29, 0.717) is 29.7 Å². The molecule has 2 rings (SSSR count). The molecule has 6 heteroatoms. The quantitative estimate of drug-likeness (QED) is 0.929. The molecule has 0 atom stereocenters. The summed E-state index contributed by atoms with van der Waals surface area (Å²) < 4.78 is 18.8. The molecular weight excluding hydrogens is 269 g/mol. The van der Waals surface area contributed by atoms with Crippen LogP contribution in [0.15, 0.2) is 24.3 Å². The summed E-state index contributed by atoms with van der Waals surface area (Å²) >= 11 is 5.61. The van der Waals surface area contributed by atoms with Gasteiger partial charge in [0.1, 0.15) is 23.2 Å². The number of aromatic nitrogens is 2. The van der Waals surface area contributed by atoms with Gasteiger partial charge in [-0.25, -0.2) is 9.37 Å². The smallest absolute Gasteiger partial charge is 0.224 e. The van der Waals surface area contributed by atoms with Crippen LogP contribution in [0.1, 0.15) is 12.7 Å². The van der Waals surface area contributed by atoms with Crippen molar-refractivity contribution in [3.63, 3.8) is 0 Å². The molecule has 0 saturated carbocycles. The van der Waals surface area contributed by atoms with Gasteiger partial charge in [0.05, 0.1) is 5.02 Å². The van der Waals surface area contributed by atoms with Gasteiger partial charge in [-0.15, -0.1) is 0 Å². The molecule has 1 heterocycles. The summed E-state index contributed by atoms with van der Waals surface area (Å²) in [4.78, 5) is 8.46. The normalized spacial score (nSPS) is 10.3. The number of hydrogen-bond acceptors (Lipinski definition) is 4. The first-order valence-electron chi connectivity index (χ1n) is 5.81. The topological polar surface area (TPSA) is 47.0 Å². The maximum Gasteiger partial charge on any atom is 0.224 e. The maximum atomic E-state index is 13.3. The third-order valence-corrected chi connectivity index (χ3v) is 2.74. The van der Waals surface area contributed by atoms with E-state index in [2.05, 4.69) is 15.3 Å². The number of nitrogens with zero attached hydrogens (tertiary/aromatic N) is 2. The minimum absolute atomic E-state index is 0.0557. The van der Waals surface area contributed by atoms with Gasteiger partial charge in [0.25, 0.3) is 0 Å². The highest BCUT2D eigenvalue weighted by Crippen LogP contribution is 2.25.